The van der Waals surface area contributed by atoms with E-state index < -0.39 is 5.91 Å². The smallest absolute Gasteiger partial charge is 0.273 e. The summed E-state index contributed by atoms with van der Waals surface area (Å²) >= 11 is 0. The van der Waals surface area contributed by atoms with E-state index in [0.29, 0.717) is 31.6 Å². The van der Waals surface area contributed by atoms with Crippen LogP contribution >= 0.6 is 0 Å². The van der Waals surface area contributed by atoms with E-state index in [2.05, 4.69) is 36.0 Å². The Morgan fingerprint density at radius 2 is 1.80 bits per heavy atom. The van der Waals surface area contributed by atoms with E-state index in [1.807, 2.05) is 36.1 Å². The van der Waals surface area contributed by atoms with Crippen LogP contribution in [-0.2, 0) is 11.3 Å². The number of aromatic nitrogens is 5. The summed E-state index contributed by atoms with van der Waals surface area (Å²) in [5.74, 6) is -0.470. The third-order valence-electron chi connectivity index (χ3n) is 8.30. The first-order chi connectivity index (χ1) is 21.8. The number of rotatable bonds is 8. The average Bonchev–Trinajstić information content (AvgIpc) is 3.81. The number of anilines is 4. The minimum absolute atomic E-state index is 0.00508. The highest BCUT2D eigenvalue weighted by atomic mass is 16.2. The maximum Gasteiger partial charge on any atom is 0.273 e. The molecule has 14 nitrogen and oxygen atoms in total. The van der Waals surface area contributed by atoms with Crippen molar-refractivity contribution in [2.24, 2.45) is 5.92 Å². The molecule has 0 bridgehead atoms. The highest BCUT2D eigenvalue weighted by Crippen LogP contribution is 2.45. The third kappa shape index (κ3) is 5.13. The van der Waals surface area contributed by atoms with E-state index >= 15 is 0 Å². The summed E-state index contributed by atoms with van der Waals surface area (Å²) < 4.78 is 1.99. The molecule has 2 aliphatic heterocycles. The van der Waals surface area contributed by atoms with Gasteiger partial charge in [0.2, 0.25) is 5.91 Å². The number of benzene rings is 1. The molecular formula is C31H30N10O4. The number of likely N-dealkylation sites (tertiary alicyclic amines) is 1. The molecule has 3 aliphatic rings. The Balaban J connectivity index is 1.14. The van der Waals surface area contributed by atoms with Crippen LogP contribution in [0.25, 0.3) is 11.1 Å². The van der Waals surface area contributed by atoms with Gasteiger partial charge in [0.25, 0.3) is 11.8 Å². The van der Waals surface area contributed by atoms with Crippen molar-refractivity contribution in [2.45, 2.75) is 25.4 Å². The highest BCUT2D eigenvalue weighted by Gasteiger charge is 2.37. The molecular weight excluding hydrogens is 576 g/mol. The van der Waals surface area contributed by atoms with Gasteiger partial charge in [0.05, 0.1) is 41.5 Å². The lowest BCUT2D eigenvalue weighted by molar-refractivity contribution is -0.117. The van der Waals surface area contributed by atoms with Gasteiger partial charge in [-0.25, -0.2) is 4.98 Å². The summed E-state index contributed by atoms with van der Waals surface area (Å²) in [6.07, 6.45) is 4.18. The second kappa shape index (κ2) is 11.1. The molecule has 45 heavy (non-hydrogen) atoms. The molecule has 0 radical (unpaired) electrons. The van der Waals surface area contributed by atoms with Crippen molar-refractivity contribution in [3.63, 3.8) is 0 Å². The van der Waals surface area contributed by atoms with E-state index in [1.165, 1.54) is 7.05 Å². The molecule has 0 spiro atoms. The van der Waals surface area contributed by atoms with E-state index in [4.69, 9.17) is 5.10 Å². The van der Waals surface area contributed by atoms with Gasteiger partial charge in [0.15, 0.2) is 17.8 Å². The molecule has 0 atom stereocenters. The van der Waals surface area contributed by atoms with E-state index in [9.17, 15) is 19.2 Å². The molecule has 3 aromatic heterocycles. The molecule has 228 valence electrons. The fourth-order valence-electron chi connectivity index (χ4n) is 5.79. The Hall–Kier alpha value is -5.66. The summed E-state index contributed by atoms with van der Waals surface area (Å²) in [7, 11) is 3.51. The van der Waals surface area contributed by atoms with Gasteiger partial charge >= 0.3 is 0 Å². The zero-order valence-corrected chi connectivity index (χ0v) is 24.6. The molecule has 5 heterocycles. The number of fused-ring (bicyclic) bond motifs is 3. The molecule has 2 fully saturated rings. The van der Waals surface area contributed by atoms with Gasteiger partial charge in [-0.1, -0.05) is 18.2 Å². The van der Waals surface area contributed by atoms with Gasteiger partial charge in [-0.2, -0.15) is 5.10 Å². The first-order valence-electron chi connectivity index (χ1n) is 14.6. The number of hydrogen-bond acceptors (Lipinski definition) is 10. The lowest BCUT2D eigenvalue weighted by Crippen LogP contribution is -2.51. The van der Waals surface area contributed by atoms with Crippen LogP contribution in [0.3, 0.4) is 0 Å². The first kappa shape index (κ1) is 28.1. The van der Waals surface area contributed by atoms with Crippen LogP contribution in [0.2, 0.25) is 0 Å². The molecule has 0 unspecified atom stereocenters. The number of nitrogens with zero attached hydrogens (tertiary/aromatic N) is 7. The van der Waals surface area contributed by atoms with Crippen molar-refractivity contribution in [2.75, 3.05) is 42.7 Å². The monoisotopic (exact) mass is 606 g/mol. The summed E-state index contributed by atoms with van der Waals surface area (Å²) in [4.78, 5) is 57.0. The van der Waals surface area contributed by atoms with Crippen molar-refractivity contribution < 1.29 is 19.2 Å². The van der Waals surface area contributed by atoms with Gasteiger partial charge in [-0.3, -0.25) is 23.9 Å². The number of aldehydes is 1. The average molecular weight is 607 g/mol. The molecule has 1 saturated heterocycles. The number of carbonyl (C=O) groups is 4. The number of amides is 3. The summed E-state index contributed by atoms with van der Waals surface area (Å²) in [6, 6.07) is 12.3. The molecule has 1 saturated carbocycles. The fourth-order valence-corrected chi connectivity index (χ4v) is 5.79. The lowest BCUT2D eigenvalue weighted by Gasteiger charge is -2.40. The number of nitrogens with one attached hydrogen (secondary N) is 3. The van der Waals surface area contributed by atoms with Crippen LogP contribution in [-0.4, -0.2) is 81.1 Å². The Labute approximate surface area is 257 Å². The molecule has 4 aromatic rings. The molecule has 3 amide bonds. The van der Waals surface area contributed by atoms with Gasteiger partial charge in [0.1, 0.15) is 11.4 Å². The van der Waals surface area contributed by atoms with Crippen LogP contribution < -0.4 is 20.9 Å². The number of pyridine rings is 1. The Kier molecular flexibility index (Phi) is 6.95. The first-order valence-corrected chi connectivity index (χ1v) is 14.6. The maximum absolute atomic E-state index is 12.9. The zero-order valence-electron chi connectivity index (χ0n) is 24.6. The van der Waals surface area contributed by atoms with Gasteiger partial charge < -0.3 is 25.8 Å². The Morgan fingerprint density at radius 1 is 1.00 bits per heavy atom. The van der Waals surface area contributed by atoms with Gasteiger partial charge in [-0.15, -0.1) is 10.2 Å². The molecule has 1 aliphatic carbocycles. The SMILES string of the molecule is CNC(=O)c1nnc(NC(=O)C2CC2)cc1Nc1cccc2c1N(C)Cc1c-2cnn1C1CN(C(=O)c2cccc(C=O)n2)C1. The minimum atomic E-state index is -0.410. The maximum atomic E-state index is 12.9. The number of para-hydroxylation sites is 1. The number of carbonyl (C=O) groups excluding carboxylic acids is 4. The topological polar surface area (TPSA) is 167 Å². The molecule has 14 heteroatoms. The van der Waals surface area contributed by atoms with Crippen LogP contribution in [0.4, 0.5) is 22.9 Å². The predicted octanol–water partition coefficient (Wildman–Crippen LogP) is 2.65. The van der Waals surface area contributed by atoms with Gasteiger partial charge in [-0.05, 0) is 31.0 Å². The standard InChI is InChI=1S/C31H30N10O4/c1-32-30(44)27-24(11-26(37-38-27)36-29(43)17-9-10-17)35-22-7-4-6-20-21-12-33-41(25(21)15-39(2)28(20)22)19-13-40(14-19)31(45)23-8-3-5-18(16-42)34-23/h3-8,11-12,16-17,19H,9-10,13-15H2,1-2H3,(H,32,44)(H2,35,36,37,43). The summed E-state index contributed by atoms with van der Waals surface area (Å²) in [5, 5.41) is 21.7. The Morgan fingerprint density at radius 3 is 2.56 bits per heavy atom. The quantitative estimate of drug-likeness (QED) is 0.254. The van der Waals surface area contributed by atoms with Crippen molar-refractivity contribution in [1.29, 1.82) is 0 Å². The van der Waals surface area contributed by atoms with E-state index in [1.54, 1.807) is 29.2 Å². The summed E-state index contributed by atoms with van der Waals surface area (Å²) in [5.41, 5.74) is 5.61. The Bertz CT molecular complexity index is 1860. The lowest BCUT2D eigenvalue weighted by atomic mass is 9.97. The second-order valence-corrected chi connectivity index (χ2v) is 11.4. The summed E-state index contributed by atoms with van der Waals surface area (Å²) in [6.45, 7) is 1.53. The van der Waals surface area contributed by atoms with Crippen LogP contribution in [0.5, 0.6) is 0 Å². The van der Waals surface area contributed by atoms with Crippen molar-refractivity contribution in [3.8, 4) is 11.1 Å². The largest absolute Gasteiger partial charge is 0.366 e. The van der Waals surface area contributed by atoms with Crippen molar-refractivity contribution in [3.05, 3.63) is 71.4 Å². The highest BCUT2D eigenvalue weighted by molar-refractivity contribution is 6.01. The van der Waals surface area contributed by atoms with Crippen molar-refractivity contribution >= 4 is 46.9 Å². The van der Waals surface area contributed by atoms with E-state index in [0.717, 1.165) is 41.0 Å². The minimum Gasteiger partial charge on any atom is -0.366 e. The number of hydrogen-bond donors (Lipinski definition) is 3. The zero-order chi connectivity index (χ0) is 31.2. The van der Waals surface area contributed by atoms with E-state index in [-0.39, 0.29) is 46.7 Å². The molecule has 7 rings (SSSR count). The van der Waals surface area contributed by atoms with Crippen LogP contribution in [0.1, 0.15) is 56.0 Å². The molecule has 1 aromatic carbocycles. The predicted molar refractivity (Wildman–Crippen MR) is 164 cm³/mol. The fraction of sp³-hybridized carbons (Fsp3) is 0.290. The van der Waals surface area contributed by atoms with Gasteiger partial charge in [0, 0.05) is 50.3 Å². The van der Waals surface area contributed by atoms with Crippen molar-refractivity contribution in [1.82, 2.24) is 35.2 Å². The van der Waals surface area contributed by atoms with Crippen LogP contribution in [0, 0.1) is 5.92 Å². The van der Waals surface area contributed by atoms with Crippen LogP contribution in [0.15, 0.2) is 48.7 Å². The third-order valence-corrected chi connectivity index (χ3v) is 8.30. The second-order valence-electron chi connectivity index (χ2n) is 11.4. The normalized spacial score (nSPS) is 15.4. The molecule has 3 N–H and O–H groups in total.